The number of benzene rings is 2. The van der Waals surface area contributed by atoms with Crippen molar-refractivity contribution in [3.63, 3.8) is 0 Å². The predicted molar refractivity (Wildman–Crippen MR) is 194 cm³/mol. The van der Waals surface area contributed by atoms with Crippen molar-refractivity contribution in [3.05, 3.63) is 85.0 Å². The zero-order valence-electron chi connectivity index (χ0n) is 30.1. The lowest BCUT2D eigenvalue weighted by Crippen LogP contribution is -2.26. The van der Waals surface area contributed by atoms with Gasteiger partial charge in [0.1, 0.15) is 36.8 Å². The first-order valence-electron chi connectivity index (χ1n) is 17.3. The summed E-state index contributed by atoms with van der Waals surface area (Å²) in [6, 6.07) is 15.0. The minimum absolute atomic E-state index is 0.147. The van der Waals surface area contributed by atoms with E-state index in [1.165, 1.54) is 50.2 Å². The number of ether oxygens (including phenoxy) is 6. The van der Waals surface area contributed by atoms with Crippen LogP contribution in [0.5, 0.6) is 11.5 Å². The molecule has 0 aromatic heterocycles. The lowest BCUT2D eigenvalue weighted by molar-refractivity contribution is -0.138. The smallest absolute Gasteiger partial charge is 0.343 e. The molecule has 0 amide bonds. The van der Waals surface area contributed by atoms with Crippen LogP contribution in [0.25, 0.3) is 0 Å². The SMILES string of the molecule is C=CC(=O)OCCC=O.C=CC=O.CCCC1CCC(c2ccc(OC(=O)c3ccc(OCC(COCCCCOC)OC)cc3)cc2)CC1. The molecule has 0 aliphatic heterocycles. The summed E-state index contributed by atoms with van der Waals surface area (Å²) in [6.45, 7) is 11.0. The van der Waals surface area contributed by atoms with Gasteiger partial charge in [-0.1, -0.05) is 45.1 Å². The lowest BCUT2D eigenvalue weighted by atomic mass is 9.77. The van der Waals surface area contributed by atoms with Gasteiger partial charge in [-0.15, -0.1) is 0 Å². The van der Waals surface area contributed by atoms with Crippen molar-refractivity contribution in [2.45, 2.75) is 76.7 Å². The van der Waals surface area contributed by atoms with Gasteiger partial charge in [0, 0.05) is 39.9 Å². The predicted octanol–water partition coefficient (Wildman–Crippen LogP) is 7.49. The first-order chi connectivity index (χ1) is 24.3. The average molecular weight is 697 g/mol. The number of hydrogen-bond acceptors (Lipinski definition) is 10. The number of hydrogen-bond donors (Lipinski definition) is 0. The van der Waals surface area contributed by atoms with Crippen LogP contribution < -0.4 is 9.47 Å². The Labute approximate surface area is 298 Å². The first kappa shape index (κ1) is 43.9. The van der Waals surface area contributed by atoms with Crippen molar-refractivity contribution >= 4 is 24.5 Å². The molecule has 1 unspecified atom stereocenters. The number of rotatable bonds is 21. The second-order valence-electron chi connectivity index (χ2n) is 11.6. The number of carbonyl (C=O) groups excluding carboxylic acids is 4. The number of aldehydes is 2. The molecule has 2 aromatic carbocycles. The summed E-state index contributed by atoms with van der Waals surface area (Å²) < 4.78 is 32.0. The highest BCUT2D eigenvalue weighted by atomic mass is 16.6. The molecule has 0 saturated heterocycles. The Morgan fingerprint density at radius 3 is 2.06 bits per heavy atom. The Kier molecular flexibility index (Phi) is 25.2. The second-order valence-corrected chi connectivity index (χ2v) is 11.6. The van der Waals surface area contributed by atoms with Crippen LogP contribution in [0, 0.1) is 5.92 Å². The fraction of sp³-hybridized carbons (Fsp3) is 0.500. The molecule has 0 spiro atoms. The zero-order chi connectivity index (χ0) is 36.8. The highest BCUT2D eigenvalue weighted by Gasteiger charge is 2.22. The number of methoxy groups -OCH3 is 2. The molecule has 0 N–H and O–H groups in total. The Bertz CT molecular complexity index is 1210. The van der Waals surface area contributed by atoms with Gasteiger partial charge in [-0.2, -0.15) is 0 Å². The standard InChI is InChI=1S/C31H44O6.C6H8O3.C3H4O/c1-4-7-24-8-10-25(11-9-24)26-12-18-29(19-13-26)37-31(32)27-14-16-28(17-15-27)36-23-30(34-3)22-35-21-6-5-20-33-2;1-2-6(8)9-5-3-4-7;1-2-3-4/h12-19,24-25,30H,4-11,20-23H2,1-3H3;2,4H,1,3,5H2;2-3H,1H2. The van der Waals surface area contributed by atoms with E-state index in [1.807, 2.05) is 12.1 Å². The van der Waals surface area contributed by atoms with Gasteiger partial charge in [-0.05, 0) is 98.4 Å². The van der Waals surface area contributed by atoms with Crippen molar-refractivity contribution in [2.24, 2.45) is 5.92 Å². The van der Waals surface area contributed by atoms with Crippen LogP contribution in [0.4, 0.5) is 0 Å². The Morgan fingerprint density at radius 1 is 0.860 bits per heavy atom. The van der Waals surface area contributed by atoms with E-state index < -0.39 is 5.97 Å². The minimum Gasteiger partial charge on any atom is -0.491 e. The molecule has 10 heteroatoms. The van der Waals surface area contributed by atoms with Crippen LogP contribution in [0.3, 0.4) is 0 Å². The summed E-state index contributed by atoms with van der Waals surface area (Å²) >= 11 is 0. The highest BCUT2D eigenvalue weighted by molar-refractivity contribution is 5.91. The van der Waals surface area contributed by atoms with Gasteiger partial charge in [-0.3, -0.25) is 4.79 Å². The topological polar surface area (TPSA) is 124 Å². The molecule has 1 atom stereocenters. The fourth-order valence-corrected chi connectivity index (χ4v) is 5.16. The van der Waals surface area contributed by atoms with Crippen LogP contribution in [-0.2, 0) is 33.3 Å². The summed E-state index contributed by atoms with van der Waals surface area (Å²) in [5.74, 6) is 1.88. The Hall–Kier alpha value is -4.12. The van der Waals surface area contributed by atoms with Gasteiger partial charge in [-0.25, -0.2) is 9.59 Å². The van der Waals surface area contributed by atoms with Crippen LogP contribution in [0.15, 0.2) is 73.8 Å². The van der Waals surface area contributed by atoms with E-state index in [9.17, 15) is 14.4 Å². The molecule has 0 heterocycles. The fourth-order valence-electron chi connectivity index (χ4n) is 5.16. The zero-order valence-corrected chi connectivity index (χ0v) is 30.1. The van der Waals surface area contributed by atoms with Crippen LogP contribution in [0.1, 0.15) is 86.6 Å². The molecule has 0 radical (unpaired) electrons. The van der Waals surface area contributed by atoms with Crippen molar-refractivity contribution < 1.29 is 47.6 Å². The summed E-state index contributed by atoms with van der Waals surface area (Å²) in [5, 5.41) is 0. The molecule has 1 aliphatic carbocycles. The third-order valence-corrected chi connectivity index (χ3v) is 7.90. The van der Waals surface area contributed by atoms with Crippen molar-refractivity contribution in [2.75, 3.05) is 47.3 Å². The molecular weight excluding hydrogens is 640 g/mol. The van der Waals surface area contributed by atoms with Gasteiger partial charge in [0.2, 0.25) is 0 Å². The molecule has 3 rings (SSSR count). The van der Waals surface area contributed by atoms with Gasteiger partial charge in [0.05, 0.1) is 18.8 Å². The van der Waals surface area contributed by atoms with Crippen molar-refractivity contribution in [1.29, 1.82) is 0 Å². The molecule has 1 saturated carbocycles. The molecule has 1 aliphatic rings. The average Bonchev–Trinajstić information content (AvgIpc) is 3.15. The largest absolute Gasteiger partial charge is 0.491 e. The van der Waals surface area contributed by atoms with E-state index in [4.69, 9.17) is 28.5 Å². The summed E-state index contributed by atoms with van der Waals surface area (Å²) in [6.07, 6.45) is 13.4. The van der Waals surface area contributed by atoms with E-state index in [1.54, 1.807) is 38.5 Å². The summed E-state index contributed by atoms with van der Waals surface area (Å²) in [5.41, 5.74) is 1.83. The third kappa shape index (κ3) is 19.8. The normalized spacial score (nSPS) is 15.4. The number of allylic oxidation sites excluding steroid dienone is 1. The van der Waals surface area contributed by atoms with E-state index in [0.29, 0.717) is 55.4 Å². The van der Waals surface area contributed by atoms with Crippen LogP contribution in [-0.4, -0.2) is 77.9 Å². The highest BCUT2D eigenvalue weighted by Crippen LogP contribution is 2.37. The molecule has 2 aromatic rings. The van der Waals surface area contributed by atoms with E-state index in [-0.39, 0.29) is 25.1 Å². The third-order valence-electron chi connectivity index (χ3n) is 7.90. The molecule has 276 valence electrons. The Balaban J connectivity index is 0.000000815. The maximum atomic E-state index is 12.6. The van der Waals surface area contributed by atoms with E-state index in [0.717, 1.165) is 31.4 Å². The van der Waals surface area contributed by atoms with Gasteiger partial charge in [0.25, 0.3) is 0 Å². The molecule has 0 bridgehead atoms. The monoisotopic (exact) mass is 696 g/mol. The maximum Gasteiger partial charge on any atom is 0.343 e. The van der Waals surface area contributed by atoms with Gasteiger partial charge >= 0.3 is 11.9 Å². The summed E-state index contributed by atoms with van der Waals surface area (Å²) in [4.78, 5) is 41.6. The number of esters is 2. The minimum atomic E-state index is -0.489. The molecule has 50 heavy (non-hydrogen) atoms. The number of carbonyl (C=O) groups is 4. The lowest BCUT2D eigenvalue weighted by Gasteiger charge is -2.28. The second kappa shape index (κ2) is 28.7. The van der Waals surface area contributed by atoms with Gasteiger partial charge in [0.15, 0.2) is 0 Å². The number of unbranched alkanes of at least 4 members (excludes halogenated alkanes) is 1. The van der Waals surface area contributed by atoms with E-state index >= 15 is 0 Å². The van der Waals surface area contributed by atoms with Crippen molar-refractivity contribution in [1.82, 2.24) is 0 Å². The van der Waals surface area contributed by atoms with Crippen LogP contribution in [0.2, 0.25) is 0 Å². The quantitative estimate of drug-likeness (QED) is 0.0426. The summed E-state index contributed by atoms with van der Waals surface area (Å²) in [7, 11) is 3.35. The molecule has 10 nitrogen and oxygen atoms in total. The van der Waals surface area contributed by atoms with E-state index in [2.05, 4.69) is 37.0 Å². The molecular formula is C40H56O10. The molecule has 1 fully saturated rings. The Morgan fingerprint density at radius 2 is 1.50 bits per heavy atom. The van der Waals surface area contributed by atoms with Crippen LogP contribution >= 0.6 is 0 Å². The van der Waals surface area contributed by atoms with Gasteiger partial charge < -0.3 is 33.2 Å². The first-order valence-corrected chi connectivity index (χ1v) is 17.3. The van der Waals surface area contributed by atoms with Crippen molar-refractivity contribution in [3.8, 4) is 11.5 Å². The maximum absolute atomic E-state index is 12.6.